The fourth-order valence-corrected chi connectivity index (χ4v) is 1.67. The van der Waals surface area contributed by atoms with Gasteiger partial charge in [0.1, 0.15) is 0 Å². The number of carbonyl (C=O) groups excluding carboxylic acids is 1. The minimum absolute atomic E-state index is 0.00468. The number of nitrogens with zero attached hydrogens (tertiary/aromatic N) is 1. The number of carbonyl (C=O) groups is 2. The van der Waals surface area contributed by atoms with Gasteiger partial charge in [-0.1, -0.05) is 13.8 Å². The Morgan fingerprint density at radius 1 is 1.41 bits per heavy atom. The van der Waals surface area contributed by atoms with Gasteiger partial charge in [-0.05, 0) is 18.8 Å². The van der Waals surface area contributed by atoms with Crippen molar-refractivity contribution in [2.75, 3.05) is 6.54 Å². The van der Waals surface area contributed by atoms with Crippen LogP contribution in [0.4, 0.5) is 0 Å². The van der Waals surface area contributed by atoms with Crippen LogP contribution in [0.5, 0.6) is 0 Å². The lowest BCUT2D eigenvalue weighted by Crippen LogP contribution is -2.40. The molecule has 0 aromatic heterocycles. The number of aliphatic carboxylic acids is 1. The summed E-state index contributed by atoms with van der Waals surface area (Å²) in [4.78, 5) is 24.2. The first-order valence-electron chi connectivity index (χ1n) is 6.18. The molecule has 17 heavy (non-hydrogen) atoms. The third kappa shape index (κ3) is 4.73. The van der Waals surface area contributed by atoms with Crippen molar-refractivity contribution in [2.24, 2.45) is 11.7 Å². The Morgan fingerprint density at radius 3 is 2.41 bits per heavy atom. The molecule has 0 aliphatic heterocycles. The predicted molar refractivity (Wildman–Crippen MR) is 64.4 cm³/mol. The van der Waals surface area contributed by atoms with Gasteiger partial charge in [-0.25, -0.2) is 0 Å². The van der Waals surface area contributed by atoms with Crippen molar-refractivity contribution in [1.82, 2.24) is 4.90 Å². The minimum atomic E-state index is -0.864. The quantitative estimate of drug-likeness (QED) is 0.692. The number of amides is 1. The number of carboxylic acids is 1. The van der Waals surface area contributed by atoms with Crippen LogP contribution in [0.2, 0.25) is 0 Å². The van der Waals surface area contributed by atoms with E-state index in [9.17, 15) is 9.59 Å². The second-order valence-electron chi connectivity index (χ2n) is 5.07. The maximum absolute atomic E-state index is 12.0. The van der Waals surface area contributed by atoms with E-state index >= 15 is 0 Å². The molecule has 0 bridgehead atoms. The highest BCUT2D eigenvalue weighted by Gasteiger charge is 2.33. The highest BCUT2D eigenvalue weighted by Crippen LogP contribution is 2.27. The van der Waals surface area contributed by atoms with Gasteiger partial charge < -0.3 is 15.7 Å². The maximum Gasteiger partial charge on any atom is 0.305 e. The summed E-state index contributed by atoms with van der Waals surface area (Å²) in [5.74, 6) is -0.606. The molecular weight excluding hydrogens is 220 g/mol. The van der Waals surface area contributed by atoms with Gasteiger partial charge in [-0.2, -0.15) is 0 Å². The van der Waals surface area contributed by atoms with E-state index in [-0.39, 0.29) is 30.3 Å². The van der Waals surface area contributed by atoms with Crippen LogP contribution in [0.15, 0.2) is 0 Å². The van der Waals surface area contributed by atoms with E-state index in [4.69, 9.17) is 10.8 Å². The lowest BCUT2D eigenvalue weighted by molar-refractivity contribution is -0.138. The lowest BCUT2D eigenvalue weighted by atomic mass is 10.0. The normalized spacial score (nSPS) is 16.9. The molecule has 0 aromatic carbocycles. The molecule has 98 valence electrons. The summed E-state index contributed by atoms with van der Waals surface area (Å²) < 4.78 is 0. The molecule has 0 heterocycles. The summed E-state index contributed by atoms with van der Waals surface area (Å²) in [6.45, 7) is 4.27. The summed E-state index contributed by atoms with van der Waals surface area (Å²) in [6, 6.07) is 0.106. The first-order valence-corrected chi connectivity index (χ1v) is 6.18. The van der Waals surface area contributed by atoms with E-state index in [0.29, 0.717) is 13.0 Å². The second-order valence-corrected chi connectivity index (χ2v) is 5.07. The van der Waals surface area contributed by atoms with Crippen molar-refractivity contribution >= 4 is 11.9 Å². The highest BCUT2D eigenvalue weighted by molar-refractivity contribution is 5.78. The zero-order chi connectivity index (χ0) is 13.0. The Morgan fingerprint density at radius 2 is 2.00 bits per heavy atom. The van der Waals surface area contributed by atoms with Crippen molar-refractivity contribution in [3.8, 4) is 0 Å². The molecule has 1 fully saturated rings. The second kappa shape index (κ2) is 6.00. The van der Waals surface area contributed by atoms with Crippen LogP contribution in [-0.2, 0) is 9.59 Å². The number of rotatable bonds is 7. The zero-order valence-electron chi connectivity index (χ0n) is 10.6. The molecule has 1 rings (SSSR count). The van der Waals surface area contributed by atoms with Gasteiger partial charge in [0.05, 0.1) is 6.42 Å². The van der Waals surface area contributed by atoms with Crippen LogP contribution in [0, 0.1) is 5.92 Å². The van der Waals surface area contributed by atoms with E-state index in [1.54, 1.807) is 4.90 Å². The largest absolute Gasteiger partial charge is 0.481 e. The van der Waals surface area contributed by atoms with Crippen LogP contribution in [0.25, 0.3) is 0 Å². The number of hydrogen-bond donors (Lipinski definition) is 2. The van der Waals surface area contributed by atoms with E-state index in [2.05, 4.69) is 0 Å². The molecule has 0 aromatic rings. The molecule has 1 saturated carbocycles. The first-order chi connectivity index (χ1) is 7.91. The Bertz CT molecular complexity index is 287. The molecular formula is C12H22N2O3. The predicted octanol–water partition coefficient (Wildman–Crippen LogP) is 0.826. The van der Waals surface area contributed by atoms with Crippen LogP contribution in [-0.4, -0.2) is 40.5 Å². The molecule has 0 radical (unpaired) electrons. The highest BCUT2D eigenvalue weighted by atomic mass is 16.4. The van der Waals surface area contributed by atoms with Gasteiger partial charge >= 0.3 is 5.97 Å². The maximum atomic E-state index is 12.0. The molecule has 3 N–H and O–H groups in total. The van der Waals surface area contributed by atoms with Crippen LogP contribution >= 0.6 is 0 Å². The van der Waals surface area contributed by atoms with Gasteiger partial charge in [0.2, 0.25) is 5.91 Å². The average molecular weight is 242 g/mol. The topological polar surface area (TPSA) is 83.6 Å². The van der Waals surface area contributed by atoms with Crippen LogP contribution in [0.3, 0.4) is 0 Å². The first kappa shape index (κ1) is 14.0. The third-order valence-electron chi connectivity index (χ3n) is 3.14. The summed E-state index contributed by atoms with van der Waals surface area (Å²) in [5.41, 5.74) is 5.87. The molecule has 1 aliphatic rings. The summed E-state index contributed by atoms with van der Waals surface area (Å²) in [6.07, 6.45) is 2.30. The zero-order valence-corrected chi connectivity index (χ0v) is 10.6. The summed E-state index contributed by atoms with van der Waals surface area (Å²) in [5, 5.41) is 8.65. The molecule has 0 saturated heterocycles. The number of carboxylic acid groups (broad SMARTS) is 1. The van der Waals surface area contributed by atoms with Crippen molar-refractivity contribution in [3.05, 3.63) is 0 Å². The molecule has 1 atom stereocenters. The molecule has 1 unspecified atom stereocenters. The lowest BCUT2D eigenvalue weighted by Gasteiger charge is -2.24. The van der Waals surface area contributed by atoms with E-state index in [1.165, 1.54) is 0 Å². The smallest absolute Gasteiger partial charge is 0.305 e. The Balaban J connectivity index is 2.46. The monoisotopic (exact) mass is 242 g/mol. The molecule has 5 nitrogen and oxygen atoms in total. The molecule has 1 amide bonds. The number of hydrogen-bond acceptors (Lipinski definition) is 3. The standard InChI is InChI=1S/C12H22N2O3/c1-8(2)10(13)7-11(15)14(9-3-4-9)6-5-12(16)17/h8-10H,3-7,13H2,1-2H3,(H,16,17). The Labute approximate surface area is 102 Å². The van der Waals surface area contributed by atoms with Gasteiger partial charge in [0.15, 0.2) is 0 Å². The van der Waals surface area contributed by atoms with Gasteiger partial charge in [0.25, 0.3) is 0 Å². The fraction of sp³-hybridized carbons (Fsp3) is 0.833. The molecule has 5 heteroatoms. The minimum Gasteiger partial charge on any atom is -0.481 e. The van der Waals surface area contributed by atoms with Crippen LogP contribution in [0.1, 0.15) is 39.5 Å². The van der Waals surface area contributed by atoms with Crippen molar-refractivity contribution in [3.63, 3.8) is 0 Å². The van der Waals surface area contributed by atoms with Gasteiger partial charge in [0, 0.05) is 25.0 Å². The SMILES string of the molecule is CC(C)C(N)CC(=O)N(CCC(=O)O)C1CC1. The summed E-state index contributed by atoms with van der Waals surface area (Å²) in [7, 11) is 0. The van der Waals surface area contributed by atoms with Crippen LogP contribution < -0.4 is 5.73 Å². The average Bonchev–Trinajstić information content (AvgIpc) is 3.01. The van der Waals surface area contributed by atoms with E-state index in [1.807, 2.05) is 13.8 Å². The van der Waals surface area contributed by atoms with Crippen molar-refractivity contribution in [2.45, 2.75) is 51.6 Å². The summed E-state index contributed by atoms with van der Waals surface area (Å²) >= 11 is 0. The fourth-order valence-electron chi connectivity index (χ4n) is 1.67. The Kier molecular flexibility index (Phi) is 4.93. The van der Waals surface area contributed by atoms with E-state index < -0.39 is 5.97 Å². The van der Waals surface area contributed by atoms with Crippen molar-refractivity contribution in [1.29, 1.82) is 0 Å². The number of nitrogens with two attached hydrogens (primary N) is 1. The van der Waals surface area contributed by atoms with Gasteiger partial charge in [-0.15, -0.1) is 0 Å². The Hall–Kier alpha value is -1.10. The van der Waals surface area contributed by atoms with Crippen molar-refractivity contribution < 1.29 is 14.7 Å². The molecule has 1 aliphatic carbocycles. The molecule has 0 spiro atoms. The van der Waals surface area contributed by atoms with Gasteiger partial charge in [-0.3, -0.25) is 9.59 Å². The van der Waals surface area contributed by atoms with E-state index in [0.717, 1.165) is 12.8 Å². The third-order valence-corrected chi connectivity index (χ3v) is 3.14.